The molecule has 0 saturated carbocycles. The Bertz CT molecular complexity index is 908. The molecule has 31 heavy (non-hydrogen) atoms. The van der Waals surface area contributed by atoms with Crippen LogP contribution in [0.2, 0.25) is 0 Å². The van der Waals surface area contributed by atoms with Crippen molar-refractivity contribution in [1.82, 2.24) is 10.2 Å². The molecular weight excluding hydrogens is 396 g/mol. The number of phenols is 1. The molecule has 1 unspecified atom stereocenters. The molecule has 2 aromatic carbocycles. The SMILES string of the molecule is CC(C)(C)OC(=O)NC1CCN(C(=O)Cc2cc(O)ccc2OCc2ccccc2)C1. The van der Waals surface area contributed by atoms with E-state index in [1.807, 2.05) is 51.1 Å². The molecule has 1 aliphatic rings. The molecule has 0 radical (unpaired) electrons. The van der Waals surface area contributed by atoms with Crippen molar-refractivity contribution in [3.8, 4) is 11.5 Å². The molecule has 2 amide bonds. The van der Waals surface area contributed by atoms with Gasteiger partial charge in [0.15, 0.2) is 0 Å². The highest BCUT2D eigenvalue weighted by molar-refractivity contribution is 5.80. The van der Waals surface area contributed by atoms with Crippen LogP contribution in [0.3, 0.4) is 0 Å². The Kier molecular flexibility index (Phi) is 7.05. The second-order valence-electron chi connectivity index (χ2n) is 8.71. The lowest BCUT2D eigenvalue weighted by Crippen LogP contribution is -2.41. The zero-order chi connectivity index (χ0) is 22.4. The number of benzene rings is 2. The molecule has 2 N–H and O–H groups in total. The lowest BCUT2D eigenvalue weighted by atomic mass is 10.1. The van der Waals surface area contributed by atoms with E-state index in [1.54, 1.807) is 23.1 Å². The van der Waals surface area contributed by atoms with Crippen LogP contribution < -0.4 is 10.1 Å². The van der Waals surface area contributed by atoms with Crippen LogP contribution in [0.15, 0.2) is 48.5 Å². The molecule has 166 valence electrons. The van der Waals surface area contributed by atoms with Gasteiger partial charge in [-0.15, -0.1) is 0 Å². The number of carbonyl (C=O) groups is 2. The van der Waals surface area contributed by atoms with Gasteiger partial charge in [-0.25, -0.2) is 4.79 Å². The molecule has 3 rings (SSSR count). The van der Waals surface area contributed by atoms with Crippen LogP contribution in [0, 0.1) is 0 Å². The third-order valence-electron chi connectivity index (χ3n) is 4.88. The minimum atomic E-state index is -0.566. The highest BCUT2D eigenvalue weighted by Crippen LogP contribution is 2.26. The number of ether oxygens (including phenoxy) is 2. The summed E-state index contributed by atoms with van der Waals surface area (Å²) in [5.41, 5.74) is 1.08. The van der Waals surface area contributed by atoms with E-state index in [2.05, 4.69) is 5.32 Å². The zero-order valence-corrected chi connectivity index (χ0v) is 18.3. The first-order valence-corrected chi connectivity index (χ1v) is 10.5. The summed E-state index contributed by atoms with van der Waals surface area (Å²) in [5, 5.41) is 12.7. The molecule has 0 spiro atoms. The van der Waals surface area contributed by atoms with Gasteiger partial charge < -0.3 is 24.8 Å². The first-order valence-electron chi connectivity index (χ1n) is 10.5. The third-order valence-corrected chi connectivity index (χ3v) is 4.88. The van der Waals surface area contributed by atoms with E-state index in [9.17, 15) is 14.7 Å². The number of nitrogens with zero attached hydrogens (tertiary/aromatic N) is 1. The number of hydrogen-bond acceptors (Lipinski definition) is 5. The number of alkyl carbamates (subject to hydrolysis) is 1. The zero-order valence-electron chi connectivity index (χ0n) is 18.3. The van der Waals surface area contributed by atoms with Gasteiger partial charge in [0.25, 0.3) is 0 Å². The molecule has 0 aromatic heterocycles. The smallest absolute Gasteiger partial charge is 0.407 e. The van der Waals surface area contributed by atoms with E-state index in [1.165, 1.54) is 0 Å². The highest BCUT2D eigenvalue weighted by atomic mass is 16.6. The molecule has 1 atom stereocenters. The summed E-state index contributed by atoms with van der Waals surface area (Å²) in [4.78, 5) is 26.5. The average Bonchev–Trinajstić information content (AvgIpc) is 3.15. The van der Waals surface area contributed by atoms with Crippen molar-refractivity contribution in [3.05, 3.63) is 59.7 Å². The Labute approximate surface area is 183 Å². The first kappa shape index (κ1) is 22.5. The Morgan fingerprint density at radius 3 is 2.61 bits per heavy atom. The summed E-state index contributed by atoms with van der Waals surface area (Å²) in [6.07, 6.45) is 0.302. The van der Waals surface area contributed by atoms with Crippen molar-refractivity contribution in [3.63, 3.8) is 0 Å². The predicted octanol–water partition coefficient (Wildman–Crippen LogP) is 3.64. The standard InChI is InChI=1S/C24H30N2O5/c1-24(2,3)31-23(29)25-19-11-12-26(15-19)22(28)14-18-13-20(27)9-10-21(18)30-16-17-7-5-4-6-8-17/h4-10,13,19,27H,11-12,14-16H2,1-3H3,(H,25,29). The number of likely N-dealkylation sites (tertiary alicyclic amines) is 1. The molecule has 1 heterocycles. The summed E-state index contributed by atoms with van der Waals surface area (Å²) >= 11 is 0. The van der Waals surface area contributed by atoms with Crippen LogP contribution >= 0.6 is 0 Å². The summed E-state index contributed by atoms with van der Waals surface area (Å²) in [6.45, 7) is 6.78. The van der Waals surface area contributed by atoms with Crippen molar-refractivity contribution >= 4 is 12.0 Å². The fourth-order valence-corrected chi connectivity index (χ4v) is 3.43. The Morgan fingerprint density at radius 2 is 1.90 bits per heavy atom. The topological polar surface area (TPSA) is 88.1 Å². The van der Waals surface area contributed by atoms with Gasteiger partial charge in [0, 0.05) is 18.7 Å². The van der Waals surface area contributed by atoms with Crippen LogP contribution in [0.5, 0.6) is 11.5 Å². The van der Waals surface area contributed by atoms with E-state index >= 15 is 0 Å². The van der Waals surface area contributed by atoms with Crippen molar-refractivity contribution in [2.24, 2.45) is 0 Å². The van der Waals surface area contributed by atoms with Crippen LogP contribution in [0.25, 0.3) is 0 Å². The molecule has 7 nitrogen and oxygen atoms in total. The Balaban J connectivity index is 1.57. The molecule has 1 saturated heterocycles. The monoisotopic (exact) mass is 426 g/mol. The lowest BCUT2D eigenvalue weighted by Gasteiger charge is -2.22. The van der Waals surface area contributed by atoms with Gasteiger partial charge in [0.2, 0.25) is 5.91 Å². The largest absolute Gasteiger partial charge is 0.508 e. The van der Waals surface area contributed by atoms with Crippen LogP contribution in [0.4, 0.5) is 4.79 Å². The maximum Gasteiger partial charge on any atom is 0.407 e. The van der Waals surface area contributed by atoms with Gasteiger partial charge in [-0.1, -0.05) is 30.3 Å². The maximum atomic E-state index is 12.9. The molecular formula is C24H30N2O5. The fraction of sp³-hybridized carbons (Fsp3) is 0.417. The summed E-state index contributed by atoms with van der Waals surface area (Å²) < 4.78 is 11.2. The number of hydrogen-bond donors (Lipinski definition) is 2. The lowest BCUT2D eigenvalue weighted by molar-refractivity contribution is -0.129. The molecule has 0 bridgehead atoms. The van der Waals surface area contributed by atoms with Gasteiger partial charge in [0.1, 0.15) is 23.7 Å². The Hall–Kier alpha value is -3.22. The number of amides is 2. The van der Waals surface area contributed by atoms with Crippen LogP contribution in [-0.4, -0.2) is 46.7 Å². The van der Waals surface area contributed by atoms with Crippen molar-refractivity contribution in [2.45, 2.75) is 51.9 Å². The Morgan fingerprint density at radius 1 is 1.16 bits per heavy atom. The number of rotatable bonds is 6. The normalized spacial score (nSPS) is 16.1. The van der Waals surface area contributed by atoms with Gasteiger partial charge in [-0.05, 0) is 51.0 Å². The third kappa shape index (κ3) is 6.91. The van der Waals surface area contributed by atoms with E-state index in [-0.39, 0.29) is 24.1 Å². The van der Waals surface area contributed by atoms with Crippen LogP contribution in [-0.2, 0) is 22.6 Å². The number of carbonyl (C=O) groups excluding carboxylic acids is 2. The molecule has 7 heteroatoms. The van der Waals surface area contributed by atoms with E-state index in [0.29, 0.717) is 37.4 Å². The molecule has 0 aliphatic carbocycles. The van der Waals surface area contributed by atoms with E-state index < -0.39 is 11.7 Å². The van der Waals surface area contributed by atoms with E-state index in [4.69, 9.17) is 9.47 Å². The van der Waals surface area contributed by atoms with E-state index in [0.717, 1.165) is 5.56 Å². The number of phenolic OH excluding ortho intramolecular Hbond substituents is 1. The minimum Gasteiger partial charge on any atom is -0.508 e. The van der Waals surface area contributed by atoms with Crippen molar-refractivity contribution < 1.29 is 24.2 Å². The van der Waals surface area contributed by atoms with Gasteiger partial charge in [-0.2, -0.15) is 0 Å². The van der Waals surface area contributed by atoms with Crippen molar-refractivity contribution in [1.29, 1.82) is 0 Å². The maximum absolute atomic E-state index is 12.9. The number of aromatic hydroxyl groups is 1. The quantitative estimate of drug-likeness (QED) is 0.736. The summed E-state index contributed by atoms with van der Waals surface area (Å²) in [7, 11) is 0. The number of nitrogens with one attached hydrogen (secondary N) is 1. The minimum absolute atomic E-state index is 0.0800. The van der Waals surface area contributed by atoms with Gasteiger partial charge in [0.05, 0.1) is 12.5 Å². The first-order chi connectivity index (χ1) is 14.7. The predicted molar refractivity (Wildman–Crippen MR) is 117 cm³/mol. The second kappa shape index (κ2) is 9.73. The second-order valence-corrected chi connectivity index (χ2v) is 8.71. The van der Waals surface area contributed by atoms with Gasteiger partial charge >= 0.3 is 6.09 Å². The fourth-order valence-electron chi connectivity index (χ4n) is 3.43. The summed E-state index contributed by atoms with van der Waals surface area (Å²) in [6, 6.07) is 14.4. The average molecular weight is 427 g/mol. The summed E-state index contributed by atoms with van der Waals surface area (Å²) in [5.74, 6) is 0.571. The van der Waals surface area contributed by atoms with Crippen molar-refractivity contribution in [2.75, 3.05) is 13.1 Å². The molecule has 1 fully saturated rings. The van der Waals surface area contributed by atoms with Crippen LogP contribution in [0.1, 0.15) is 38.3 Å². The molecule has 2 aromatic rings. The highest BCUT2D eigenvalue weighted by Gasteiger charge is 2.29. The molecule has 1 aliphatic heterocycles. The van der Waals surface area contributed by atoms with Gasteiger partial charge in [-0.3, -0.25) is 4.79 Å².